The average Bonchev–Trinajstić information content (AvgIpc) is 2.99. The second-order valence-corrected chi connectivity index (χ2v) is 10.5. The molecule has 0 aliphatic carbocycles. The molecule has 0 bridgehead atoms. The number of likely N-dealkylation sites (tertiary alicyclic amines) is 1. The van der Waals surface area contributed by atoms with Gasteiger partial charge in [-0.25, -0.2) is 9.78 Å². The van der Waals surface area contributed by atoms with Crippen molar-refractivity contribution < 1.29 is 28.7 Å². The molecular formula is C30H35N7O7. The van der Waals surface area contributed by atoms with Crippen LogP contribution in [0.3, 0.4) is 0 Å². The van der Waals surface area contributed by atoms with Crippen LogP contribution in [0.5, 0.6) is 5.75 Å². The lowest BCUT2D eigenvalue weighted by molar-refractivity contribution is -0.132. The van der Waals surface area contributed by atoms with Crippen LogP contribution in [0.2, 0.25) is 0 Å². The number of nitrogens with one attached hydrogen (secondary N) is 4. The van der Waals surface area contributed by atoms with E-state index in [9.17, 15) is 28.8 Å². The molecule has 1 saturated heterocycles. The van der Waals surface area contributed by atoms with Crippen LogP contribution >= 0.6 is 0 Å². The lowest BCUT2D eigenvalue weighted by atomic mass is 10.0. The Balaban J connectivity index is 1.41. The van der Waals surface area contributed by atoms with Crippen molar-refractivity contribution in [3.8, 4) is 17.1 Å². The molecule has 0 radical (unpaired) electrons. The number of H-pyrrole nitrogens is 1. The molecule has 14 nitrogen and oxygen atoms in total. The van der Waals surface area contributed by atoms with Crippen molar-refractivity contribution in [3.05, 3.63) is 58.9 Å². The molecule has 5 amide bonds. The van der Waals surface area contributed by atoms with E-state index in [0.717, 1.165) is 12.8 Å². The number of carbonyl (C=O) groups is 5. The number of hydrogen-bond acceptors (Lipinski definition) is 8. The Morgan fingerprint density at radius 1 is 1.05 bits per heavy atom. The highest BCUT2D eigenvalue weighted by Crippen LogP contribution is 2.29. The quantitative estimate of drug-likeness (QED) is 0.224. The lowest BCUT2D eigenvalue weighted by Gasteiger charge is -2.35. The summed E-state index contributed by atoms with van der Waals surface area (Å²) in [4.78, 5) is 82.9. The summed E-state index contributed by atoms with van der Waals surface area (Å²) in [6, 6.07) is 11.1. The summed E-state index contributed by atoms with van der Waals surface area (Å²) in [5.41, 5.74) is 5.79. The largest absolute Gasteiger partial charge is 0.415 e. The van der Waals surface area contributed by atoms with Gasteiger partial charge in [0.15, 0.2) is 0 Å². The van der Waals surface area contributed by atoms with Crippen molar-refractivity contribution in [2.24, 2.45) is 5.73 Å². The maximum atomic E-state index is 13.4. The first-order valence-corrected chi connectivity index (χ1v) is 14.2. The maximum absolute atomic E-state index is 13.4. The fourth-order valence-electron chi connectivity index (χ4n) is 4.98. The second-order valence-electron chi connectivity index (χ2n) is 10.5. The molecule has 1 aliphatic rings. The number of hydrogen-bond donors (Lipinski definition) is 5. The summed E-state index contributed by atoms with van der Waals surface area (Å²) in [7, 11) is 0. The third-order valence-electron chi connectivity index (χ3n) is 7.18. The highest BCUT2D eigenvalue weighted by atomic mass is 16.6. The van der Waals surface area contributed by atoms with Gasteiger partial charge in [0.1, 0.15) is 23.7 Å². The topological polar surface area (TPSA) is 206 Å². The smallest absolute Gasteiger partial charge is 0.409 e. The van der Waals surface area contributed by atoms with Gasteiger partial charge < -0.3 is 36.3 Å². The SMILES string of the molecule is CC(=O)N[C@H](CC(N)=O)C(=O)N[C@@H](C)C(=O)NCC1CCCCN1C(=O)Oc1ccccc1-c1nc2ccccc2c(=O)[nH]1. The van der Waals surface area contributed by atoms with Crippen LogP contribution in [0, 0.1) is 0 Å². The molecule has 1 aromatic heterocycles. The number of nitrogens with zero attached hydrogens (tertiary/aromatic N) is 2. The van der Waals surface area contributed by atoms with E-state index in [2.05, 4.69) is 25.9 Å². The Bertz CT molecular complexity index is 1610. The molecule has 2 aromatic carbocycles. The number of fused-ring (bicyclic) bond motifs is 1. The first kappa shape index (κ1) is 31.7. The molecule has 232 valence electrons. The van der Waals surface area contributed by atoms with Gasteiger partial charge in [-0.15, -0.1) is 0 Å². The lowest BCUT2D eigenvalue weighted by Crippen LogP contribution is -2.55. The maximum Gasteiger partial charge on any atom is 0.415 e. The number of para-hydroxylation sites is 2. The molecule has 1 aliphatic heterocycles. The molecular weight excluding hydrogens is 570 g/mol. The minimum Gasteiger partial charge on any atom is -0.409 e. The monoisotopic (exact) mass is 605 g/mol. The summed E-state index contributed by atoms with van der Waals surface area (Å²) < 4.78 is 5.80. The average molecular weight is 606 g/mol. The molecule has 14 heteroatoms. The normalized spacial score (nSPS) is 16.0. The van der Waals surface area contributed by atoms with E-state index in [1.54, 1.807) is 53.4 Å². The van der Waals surface area contributed by atoms with Crippen LogP contribution in [-0.4, -0.2) is 75.8 Å². The Labute approximate surface area is 252 Å². The first-order chi connectivity index (χ1) is 21.0. The first-order valence-electron chi connectivity index (χ1n) is 14.2. The van der Waals surface area contributed by atoms with Crippen molar-refractivity contribution >= 4 is 40.6 Å². The molecule has 1 unspecified atom stereocenters. The number of aromatic amines is 1. The summed E-state index contributed by atoms with van der Waals surface area (Å²) in [5, 5.41) is 8.01. The van der Waals surface area contributed by atoms with Gasteiger partial charge in [0.25, 0.3) is 5.56 Å². The summed E-state index contributed by atoms with van der Waals surface area (Å²) in [5.74, 6) is -2.10. The Hall–Kier alpha value is -5.27. The summed E-state index contributed by atoms with van der Waals surface area (Å²) in [6.45, 7) is 3.16. The van der Waals surface area contributed by atoms with E-state index in [4.69, 9.17) is 10.5 Å². The van der Waals surface area contributed by atoms with Crippen LogP contribution in [0.15, 0.2) is 53.3 Å². The number of amides is 5. The molecule has 6 N–H and O–H groups in total. The van der Waals surface area contributed by atoms with Crippen molar-refractivity contribution in [2.45, 2.75) is 57.7 Å². The van der Waals surface area contributed by atoms with E-state index in [1.165, 1.54) is 13.8 Å². The van der Waals surface area contributed by atoms with Gasteiger partial charge in [-0.3, -0.25) is 24.0 Å². The fraction of sp³-hybridized carbons (Fsp3) is 0.367. The highest BCUT2D eigenvalue weighted by Gasteiger charge is 2.30. The van der Waals surface area contributed by atoms with Crippen LogP contribution in [-0.2, 0) is 19.2 Å². The Morgan fingerprint density at radius 3 is 2.52 bits per heavy atom. The van der Waals surface area contributed by atoms with Crippen LogP contribution in [0.4, 0.5) is 4.79 Å². The van der Waals surface area contributed by atoms with E-state index < -0.39 is 48.2 Å². The Morgan fingerprint density at radius 2 is 1.77 bits per heavy atom. The van der Waals surface area contributed by atoms with E-state index in [-0.39, 0.29) is 29.7 Å². The van der Waals surface area contributed by atoms with Gasteiger partial charge >= 0.3 is 6.09 Å². The molecule has 0 saturated carbocycles. The van der Waals surface area contributed by atoms with Gasteiger partial charge in [0.2, 0.25) is 23.6 Å². The van der Waals surface area contributed by atoms with Crippen LogP contribution < -0.4 is 32.0 Å². The number of aromatic nitrogens is 2. The minimum atomic E-state index is -1.21. The number of carbonyl (C=O) groups excluding carboxylic acids is 5. The molecule has 44 heavy (non-hydrogen) atoms. The van der Waals surface area contributed by atoms with E-state index in [1.807, 2.05) is 0 Å². The van der Waals surface area contributed by atoms with Crippen LogP contribution in [0.1, 0.15) is 39.5 Å². The number of rotatable bonds is 10. The number of nitrogens with two attached hydrogens (primary N) is 1. The molecule has 3 atom stereocenters. The van der Waals surface area contributed by atoms with Gasteiger partial charge in [0, 0.05) is 20.0 Å². The van der Waals surface area contributed by atoms with Crippen molar-refractivity contribution in [1.82, 2.24) is 30.8 Å². The van der Waals surface area contributed by atoms with Gasteiger partial charge in [-0.05, 0) is 50.5 Å². The van der Waals surface area contributed by atoms with Gasteiger partial charge in [0.05, 0.1) is 28.9 Å². The molecule has 4 rings (SSSR count). The third-order valence-corrected chi connectivity index (χ3v) is 7.18. The van der Waals surface area contributed by atoms with Crippen LogP contribution in [0.25, 0.3) is 22.3 Å². The number of ether oxygens (including phenoxy) is 1. The van der Waals surface area contributed by atoms with Crippen molar-refractivity contribution in [3.63, 3.8) is 0 Å². The third kappa shape index (κ3) is 7.96. The van der Waals surface area contributed by atoms with Gasteiger partial charge in [-0.1, -0.05) is 24.3 Å². The number of benzene rings is 2. The van der Waals surface area contributed by atoms with E-state index >= 15 is 0 Å². The zero-order chi connectivity index (χ0) is 31.8. The molecule has 3 aromatic rings. The highest BCUT2D eigenvalue weighted by molar-refractivity contribution is 5.94. The van der Waals surface area contributed by atoms with Crippen molar-refractivity contribution in [2.75, 3.05) is 13.1 Å². The number of piperidine rings is 1. The Kier molecular flexibility index (Phi) is 10.3. The molecule has 2 heterocycles. The van der Waals surface area contributed by atoms with E-state index in [0.29, 0.717) is 29.4 Å². The summed E-state index contributed by atoms with van der Waals surface area (Å²) >= 11 is 0. The molecule has 1 fully saturated rings. The number of primary amides is 1. The fourth-order valence-corrected chi connectivity index (χ4v) is 4.98. The minimum absolute atomic E-state index is 0.103. The standard InChI is InChI=1S/C30H35N7O7/c1-17(33-29(42)23(15-25(31)39)34-18(2)38)27(40)32-16-19-9-7-8-14-37(19)30(43)44-24-13-6-4-11-21(24)26-35-22-12-5-3-10-20(22)28(41)36-26/h3-6,10-13,17,19,23H,7-9,14-16H2,1-2H3,(H2,31,39)(H,32,40)(H,33,42)(H,34,38)(H,35,36,41)/t17-,19?,23+/m0/s1. The summed E-state index contributed by atoms with van der Waals surface area (Å²) in [6.07, 6.45) is 1.15. The second kappa shape index (κ2) is 14.3. The predicted octanol–water partition coefficient (Wildman–Crippen LogP) is 0.944. The van der Waals surface area contributed by atoms with Crippen molar-refractivity contribution in [1.29, 1.82) is 0 Å². The molecule has 0 spiro atoms. The predicted molar refractivity (Wildman–Crippen MR) is 160 cm³/mol. The zero-order valence-electron chi connectivity index (χ0n) is 24.4. The van der Waals surface area contributed by atoms with Gasteiger partial charge in [-0.2, -0.15) is 0 Å². The zero-order valence-corrected chi connectivity index (χ0v) is 24.4.